The molecule has 0 fully saturated rings. The van der Waals surface area contributed by atoms with Crippen LogP contribution < -0.4 is 10.1 Å². The molecule has 3 aromatic rings. The maximum atomic E-state index is 13.1. The Balaban J connectivity index is 1.36. The van der Waals surface area contributed by atoms with Crippen molar-refractivity contribution in [2.75, 3.05) is 13.2 Å². The zero-order valence-corrected chi connectivity index (χ0v) is 19.0. The number of aromatic nitrogens is 2. The molecule has 2 heterocycles. The van der Waals surface area contributed by atoms with Gasteiger partial charge in [-0.1, -0.05) is 55.8 Å². The van der Waals surface area contributed by atoms with Gasteiger partial charge < -0.3 is 15.0 Å². The van der Waals surface area contributed by atoms with Crippen LogP contribution in [-0.2, 0) is 19.6 Å². The quantitative estimate of drug-likeness (QED) is 0.504. The van der Waals surface area contributed by atoms with E-state index in [1.165, 1.54) is 0 Å². The number of unbranched alkanes of at least 4 members (excludes halogenated alkanes) is 1. The Morgan fingerprint density at radius 2 is 1.85 bits per heavy atom. The summed E-state index contributed by atoms with van der Waals surface area (Å²) in [5.74, 6) is 0.442. The second-order valence-corrected chi connectivity index (χ2v) is 8.23. The van der Waals surface area contributed by atoms with Crippen LogP contribution in [0.2, 0.25) is 0 Å². The van der Waals surface area contributed by atoms with E-state index in [-0.39, 0.29) is 17.5 Å². The normalized spacial score (nSPS) is 13.4. The molecule has 0 bridgehead atoms. The minimum Gasteiger partial charge on any atom is -0.494 e. The van der Waals surface area contributed by atoms with Gasteiger partial charge in [0.05, 0.1) is 6.61 Å². The van der Waals surface area contributed by atoms with Crippen molar-refractivity contribution in [1.82, 2.24) is 20.0 Å². The number of amides is 2. The number of benzene rings is 2. The number of aryl methyl sites for hydroxylation is 1. The van der Waals surface area contributed by atoms with Gasteiger partial charge in [0.1, 0.15) is 11.4 Å². The molecule has 0 unspecified atom stereocenters. The maximum absolute atomic E-state index is 13.1. The highest BCUT2D eigenvalue weighted by Gasteiger charge is 2.26. The predicted molar refractivity (Wildman–Crippen MR) is 126 cm³/mol. The number of nitrogens with one attached hydrogen (secondary N) is 1. The molecule has 1 N–H and O–H groups in total. The maximum Gasteiger partial charge on any atom is 0.272 e. The third kappa shape index (κ3) is 5.80. The number of fused-ring (bicyclic) bond motifs is 1. The van der Waals surface area contributed by atoms with Crippen LogP contribution in [0.1, 0.15) is 58.3 Å². The highest BCUT2D eigenvalue weighted by atomic mass is 16.5. The van der Waals surface area contributed by atoms with Crippen LogP contribution in [0.15, 0.2) is 60.7 Å². The first-order valence-electron chi connectivity index (χ1n) is 11.5. The summed E-state index contributed by atoms with van der Waals surface area (Å²) in [6.45, 7) is 5.04. The predicted octanol–water partition coefficient (Wildman–Crippen LogP) is 4.04. The minimum absolute atomic E-state index is 0.0958. The summed E-state index contributed by atoms with van der Waals surface area (Å²) in [7, 11) is 0. The summed E-state index contributed by atoms with van der Waals surface area (Å²) in [5, 5.41) is 7.31. The molecule has 0 saturated carbocycles. The van der Waals surface area contributed by atoms with Gasteiger partial charge in [0.15, 0.2) is 5.69 Å². The third-order valence-corrected chi connectivity index (χ3v) is 5.68. The van der Waals surface area contributed by atoms with Crippen LogP contribution in [0.5, 0.6) is 5.75 Å². The fourth-order valence-corrected chi connectivity index (χ4v) is 3.81. The number of nitrogens with zero attached hydrogens (tertiary/aromatic N) is 3. The van der Waals surface area contributed by atoms with E-state index in [1.54, 1.807) is 10.7 Å². The third-order valence-electron chi connectivity index (χ3n) is 5.68. The van der Waals surface area contributed by atoms with Crippen LogP contribution in [0.25, 0.3) is 0 Å². The summed E-state index contributed by atoms with van der Waals surface area (Å²) < 4.78 is 7.33. The lowest BCUT2D eigenvalue weighted by Crippen LogP contribution is -2.30. The largest absolute Gasteiger partial charge is 0.494 e. The SMILES string of the molecule is CCCCOc1ccc(CNC(=O)c2cc3n(n2)CCCN(Cc2ccccc2)C3=O)cc1. The lowest BCUT2D eigenvalue weighted by atomic mass is 10.2. The first-order valence-corrected chi connectivity index (χ1v) is 11.5. The molecule has 33 heavy (non-hydrogen) atoms. The van der Waals surface area contributed by atoms with Gasteiger partial charge in [-0.15, -0.1) is 0 Å². The smallest absolute Gasteiger partial charge is 0.272 e. The average Bonchev–Trinajstić information content (AvgIpc) is 3.21. The van der Waals surface area contributed by atoms with E-state index in [0.717, 1.165) is 36.1 Å². The first-order chi connectivity index (χ1) is 16.1. The zero-order valence-electron chi connectivity index (χ0n) is 19.0. The highest BCUT2D eigenvalue weighted by molar-refractivity contribution is 5.98. The van der Waals surface area contributed by atoms with E-state index >= 15 is 0 Å². The molecule has 4 rings (SSSR count). The number of ether oxygens (including phenoxy) is 1. The fraction of sp³-hybridized carbons (Fsp3) is 0.346. The minimum atomic E-state index is -0.291. The Morgan fingerprint density at radius 3 is 2.61 bits per heavy atom. The number of carbonyl (C=O) groups is 2. The molecule has 0 atom stereocenters. The Bertz CT molecular complexity index is 1080. The summed E-state index contributed by atoms with van der Waals surface area (Å²) >= 11 is 0. The van der Waals surface area contributed by atoms with Gasteiger partial charge in [-0.25, -0.2) is 0 Å². The molecule has 1 aromatic heterocycles. The molecule has 2 amide bonds. The van der Waals surface area contributed by atoms with E-state index in [0.29, 0.717) is 38.5 Å². The second-order valence-electron chi connectivity index (χ2n) is 8.23. The molecule has 0 radical (unpaired) electrons. The molecule has 1 aliphatic rings. The monoisotopic (exact) mass is 446 g/mol. The van der Waals surface area contributed by atoms with Gasteiger partial charge in [-0.3, -0.25) is 14.3 Å². The molecular weight excluding hydrogens is 416 g/mol. The van der Waals surface area contributed by atoms with Gasteiger partial charge in [0.2, 0.25) is 0 Å². The number of hydrogen-bond acceptors (Lipinski definition) is 4. The van der Waals surface area contributed by atoms with Crippen LogP contribution in [0, 0.1) is 0 Å². The summed E-state index contributed by atoms with van der Waals surface area (Å²) in [6, 6.07) is 19.2. The van der Waals surface area contributed by atoms with Crippen LogP contribution in [-0.4, -0.2) is 39.6 Å². The fourth-order valence-electron chi connectivity index (χ4n) is 3.81. The van der Waals surface area contributed by atoms with Crippen molar-refractivity contribution in [3.63, 3.8) is 0 Å². The lowest BCUT2D eigenvalue weighted by Gasteiger charge is -2.20. The second kappa shape index (κ2) is 10.8. The number of carbonyl (C=O) groups excluding carboxylic acids is 2. The molecule has 0 spiro atoms. The van der Waals surface area contributed by atoms with Crippen LogP contribution in [0.4, 0.5) is 0 Å². The lowest BCUT2D eigenvalue weighted by molar-refractivity contribution is 0.0745. The Labute approximate surface area is 194 Å². The average molecular weight is 447 g/mol. The van der Waals surface area contributed by atoms with Crippen molar-refractivity contribution in [2.45, 2.75) is 45.8 Å². The van der Waals surface area contributed by atoms with Gasteiger partial charge in [0.25, 0.3) is 11.8 Å². The molecule has 0 saturated heterocycles. The van der Waals surface area contributed by atoms with E-state index in [2.05, 4.69) is 17.3 Å². The molecule has 1 aliphatic heterocycles. The molecular formula is C26H30N4O3. The molecule has 172 valence electrons. The van der Waals surface area contributed by atoms with Crippen molar-refractivity contribution in [3.8, 4) is 5.75 Å². The molecule has 2 aromatic carbocycles. The topological polar surface area (TPSA) is 76.5 Å². The van der Waals surface area contributed by atoms with Gasteiger partial charge in [-0.2, -0.15) is 5.10 Å². The Morgan fingerprint density at radius 1 is 1.06 bits per heavy atom. The van der Waals surface area contributed by atoms with Gasteiger partial charge in [-0.05, 0) is 36.1 Å². The van der Waals surface area contributed by atoms with Crippen molar-refractivity contribution in [3.05, 3.63) is 83.2 Å². The summed E-state index contributed by atoms with van der Waals surface area (Å²) in [5.41, 5.74) is 2.78. The van der Waals surface area contributed by atoms with E-state index < -0.39 is 0 Å². The van der Waals surface area contributed by atoms with Gasteiger partial charge in [0, 0.05) is 32.2 Å². The van der Waals surface area contributed by atoms with E-state index in [9.17, 15) is 9.59 Å². The first kappa shape index (κ1) is 22.6. The van der Waals surface area contributed by atoms with E-state index in [4.69, 9.17) is 4.74 Å². The Hall–Kier alpha value is -3.61. The number of hydrogen-bond donors (Lipinski definition) is 1. The summed E-state index contributed by atoms with van der Waals surface area (Å²) in [4.78, 5) is 27.6. The van der Waals surface area contributed by atoms with E-state index in [1.807, 2.05) is 59.5 Å². The number of rotatable bonds is 9. The van der Waals surface area contributed by atoms with Crippen molar-refractivity contribution in [2.24, 2.45) is 0 Å². The standard InChI is InChI=1S/C26H30N4O3/c1-2-3-16-33-22-12-10-20(11-13-22)18-27-25(31)23-17-24-26(32)29(14-7-15-30(24)28-23)19-21-8-5-4-6-9-21/h4-6,8-13,17H,2-3,7,14-16,18-19H2,1H3,(H,27,31). The van der Waals surface area contributed by atoms with Crippen molar-refractivity contribution < 1.29 is 14.3 Å². The zero-order chi connectivity index (χ0) is 23.0. The molecule has 0 aliphatic carbocycles. The highest BCUT2D eigenvalue weighted by Crippen LogP contribution is 2.17. The molecule has 7 nitrogen and oxygen atoms in total. The van der Waals surface area contributed by atoms with Crippen molar-refractivity contribution >= 4 is 11.8 Å². The van der Waals surface area contributed by atoms with Crippen molar-refractivity contribution in [1.29, 1.82) is 0 Å². The van der Waals surface area contributed by atoms with Gasteiger partial charge >= 0.3 is 0 Å². The summed E-state index contributed by atoms with van der Waals surface area (Å²) in [6.07, 6.45) is 2.91. The molecule has 7 heteroatoms. The van der Waals surface area contributed by atoms with Crippen LogP contribution >= 0.6 is 0 Å². The van der Waals surface area contributed by atoms with Crippen LogP contribution in [0.3, 0.4) is 0 Å². The Kier molecular flexibility index (Phi) is 7.40.